The van der Waals surface area contributed by atoms with Crippen molar-refractivity contribution in [1.82, 2.24) is 0 Å². The molecule has 0 aromatic heterocycles. The van der Waals surface area contributed by atoms with E-state index in [4.69, 9.17) is 18.5 Å². The van der Waals surface area contributed by atoms with Gasteiger partial charge in [-0.15, -0.1) is 0 Å². The molecule has 0 aliphatic carbocycles. The number of phosphoric ester groups is 1. The zero-order valence-electron chi connectivity index (χ0n) is 32.1. The van der Waals surface area contributed by atoms with Gasteiger partial charge in [-0.1, -0.05) is 161 Å². The van der Waals surface area contributed by atoms with Gasteiger partial charge < -0.3 is 14.4 Å². The minimum atomic E-state index is -4.27. The average Bonchev–Trinajstić information content (AvgIpc) is 3.07. The summed E-state index contributed by atoms with van der Waals surface area (Å²) in [6.07, 6.45) is 36.9. The first-order valence-corrected chi connectivity index (χ1v) is 22.0. The molecule has 0 aromatic rings. The molecule has 0 spiro atoms. The summed E-state index contributed by atoms with van der Waals surface area (Å²) >= 11 is 0. The molecule has 0 fully saturated rings. The van der Waals surface area contributed by atoms with E-state index in [1.165, 1.54) is 116 Å². The van der Waals surface area contributed by atoms with Crippen molar-refractivity contribution < 1.29 is 37.6 Å². The fraction of sp³-hybridized carbons (Fsp3) is 0.900. The van der Waals surface area contributed by atoms with E-state index in [1.54, 1.807) is 6.92 Å². The summed E-state index contributed by atoms with van der Waals surface area (Å²) in [5.74, 6) is -0.798. The summed E-state index contributed by atoms with van der Waals surface area (Å²) in [5, 5.41) is 0. The molecule has 0 aliphatic heterocycles. The Morgan fingerprint density at radius 1 is 0.531 bits per heavy atom. The third-order valence-corrected chi connectivity index (χ3v) is 9.88. The van der Waals surface area contributed by atoms with E-state index in [0.717, 1.165) is 51.4 Å². The van der Waals surface area contributed by atoms with E-state index in [0.29, 0.717) is 12.8 Å². The number of allylic oxidation sites excluding steroid dienone is 2. The van der Waals surface area contributed by atoms with Crippen LogP contribution in [-0.4, -0.2) is 42.8 Å². The van der Waals surface area contributed by atoms with Crippen molar-refractivity contribution in [2.24, 2.45) is 0 Å². The van der Waals surface area contributed by atoms with Crippen LogP contribution in [0.1, 0.15) is 207 Å². The molecular formula is C40H77O8P. The predicted octanol–water partition coefficient (Wildman–Crippen LogP) is 12.5. The van der Waals surface area contributed by atoms with Gasteiger partial charge in [-0.2, -0.15) is 0 Å². The molecule has 0 heterocycles. The number of unbranched alkanes of at least 4 members (excludes halogenated alkanes) is 24. The van der Waals surface area contributed by atoms with Crippen LogP contribution in [0.3, 0.4) is 0 Å². The van der Waals surface area contributed by atoms with Crippen LogP contribution >= 0.6 is 7.82 Å². The standard InChI is InChI=1S/C40H77O8P/c1-4-7-9-11-13-15-17-19-21-23-24-26-28-30-32-34-39(41)45-36-38(37-47-49(43,44)46-6-3)48-40(42)35-33-31-29-27-25-22-20-18-16-14-12-10-8-5-2/h18,20,38H,4-17,19,21-37H2,1-3H3,(H,43,44)/b20-18-. The number of carbonyl (C=O) groups is 2. The second kappa shape index (κ2) is 36.6. The number of phosphoric acid groups is 1. The lowest BCUT2D eigenvalue weighted by atomic mass is 10.0. The maximum Gasteiger partial charge on any atom is 0.472 e. The van der Waals surface area contributed by atoms with Crippen molar-refractivity contribution in [3.05, 3.63) is 12.2 Å². The molecule has 0 saturated carbocycles. The molecule has 8 nitrogen and oxygen atoms in total. The number of rotatable bonds is 38. The molecule has 0 radical (unpaired) electrons. The normalized spacial score (nSPS) is 13.5. The molecule has 49 heavy (non-hydrogen) atoms. The lowest BCUT2D eigenvalue weighted by Gasteiger charge is -2.19. The van der Waals surface area contributed by atoms with Crippen molar-refractivity contribution in [1.29, 1.82) is 0 Å². The maximum absolute atomic E-state index is 12.5. The number of hydrogen-bond acceptors (Lipinski definition) is 7. The first-order valence-electron chi connectivity index (χ1n) is 20.5. The Morgan fingerprint density at radius 2 is 0.918 bits per heavy atom. The van der Waals surface area contributed by atoms with Gasteiger partial charge in [-0.05, 0) is 45.4 Å². The van der Waals surface area contributed by atoms with Crippen LogP contribution in [0.2, 0.25) is 0 Å². The quantitative estimate of drug-likeness (QED) is 0.0291. The molecular weight excluding hydrogens is 639 g/mol. The van der Waals surface area contributed by atoms with Gasteiger partial charge in [0.05, 0.1) is 13.2 Å². The highest BCUT2D eigenvalue weighted by Gasteiger charge is 2.25. The summed E-state index contributed by atoms with van der Waals surface area (Å²) in [7, 11) is -4.27. The minimum absolute atomic E-state index is 0.00187. The lowest BCUT2D eigenvalue weighted by molar-refractivity contribution is -0.161. The largest absolute Gasteiger partial charge is 0.472 e. The topological polar surface area (TPSA) is 108 Å². The van der Waals surface area contributed by atoms with Gasteiger partial charge in [-0.3, -0.25) is 18.6 Å². The first-order chi connectivity index (χ1) is 23.8. The molecule has 290 valence electrons. The van der Waals surface area contributed by atoms with E-state index >= 15 is 0 Å². The maximum atomic E-state index is 12.5. The van der Waals surface area contributed by atoms with Crippen LogP contribution in [-0.2, 0) is 32.7 Å². The van der Waals surface area contributed by atoms with E-state index in [1.807, 2.05) is 0 Å². The zero-order chi connectivity index (χ0) is 36.1. The first kappa shape index (κ1) is 47.8. The Balaban J connectivity index is 4.10. The van der Waals surface area contributed by atoms with Gasteiger partial charge in [0.1, 0.15) is 6.61 Å². The molecule has 0 saturated heterocycles. The monoisotopic (exact) mass is 717 g/mol. The van der Waals surface area contributed by atoms with Gasteiger partial charge in [0, 0.05) is 12.8 Å². The summed E-state index contributed by atoms with van der Waals surface area (Å²) < 4.78 is 32.6. The molecule has 0 aliphatic rings. The number of esters is 2. The van der Waals surface area contributed by atoms with Crippen LogP contribution in [0.5, 0.6) is 0 Å². The fourth-order valence-electron chi connectivity index (χ4n) is 5.80. The molecule has 1 N–H and O–H groups in total. The van der Waals surface area contributed by atoms with E-state index in [2.05, 4.69) is 26.0 Å². The van der Waals surface area contributed by atoms with Crippen LogP contribution in [0.15, 0.2) is 12.2 Å². The van der Waals surface area contributed by atoms with Gasteiger partial charge in [0.25, 0.3) is 0 Å². The van der Waals surface area contributed by atoms with Crippen molar-refractivity contribution >= 4 is 19.8 Å². The van der Waals surface area contributed by atoms with Gasteiger partial charge in [0.15, 0.2) is 6.10 Å². The summed E-state index contributed by atoms with van der Waals surface area (Å²) in [6.45, 7) is 5.47. The smallest absolute Gasteiger partial charge is 0.462 e. The van der Waals surface area contributed by atoms with E-state index < -0.39 is 26.5 Å². The van der Waals surface area contributed by atoms with Crippen LogP contribution < -0.4 is 0 Å². The SMILES string of the molecule is CCCCCCC/C=C\CCCCCCCC(=O)OC(COC(=O)CCCCCCCCCCCCCCCCC)COP(=O)(O)OCC. The minimum Gasteiger partial charge on any atom is -0.462 e. The third kappa shape index (κ3) is 36.4. The van der Waals surface area contributed by atoms with Gasteiger partial charge in [0.2, 0.25) is 0 Å². The molecule has 2 unspecified atom stereocenters. The Kier molecular flexibility index (Phi) is 35.7. The highest BCUT2D eigenvalue weighted by molar-refractivity contribution is 7.47. The lowest BCUT2D eigenvalue weighted by Crippen LogP contribution is -2.29. The summed E-state index contributed by atoms with van der Waals surface area (Å²) in [4.78, 5) is 34.6. The van der Waals surface area contributed by atoms with E-state index in [9.17, 15) is 19.0 Å². The number of carbonyl (C=O) groups excluding carboxylic acids is 2. The molecule has 0 aromatic carbocycles. The Bertz CT molecular complexity index is 818. The Labute approximate surface area is 301 Å². The van der Waals surface area contributed by atoms with Gasteiger partial charge in [-0.25, -0.2) is 4.57 Å². The van der Waals surface area contributed by atoms with Crippen molar-refractivity contribution in [2.45, 2.75) is 213 Å². The number of hydrogen-bond donors (Lipinski definition) is 1. The van der Waals surface area contributed by atoms with Gasteiger partial charge >= 0.3 is 19.8 Å². The Morgan fingerprint density at radius 3 is 1.35 bits per heavy atom. The summed E-state index contributed by atoms with van der Waals surface area (Å²) in [5.41, 5.74) is 0. The molecule has 0 bridgehead atoms. The highest BCUT2D eigenvalue weighted by atomic mass is 31.2. The van der Waals surface area contributed by atoms with E-state index in [-0.39, 0.29) is 25.6 Å². The van der Waals surface area contributed by atoms with Crippen LogP contribution in [0.25, 0.3) is 0 Å². The zero-order valence-corrected chi connectivity index (χ0v) is 33.0. The van der Waals surface area contributed by atoms with Crippen LogP contribution in [0, 0.1) is 0 Å². The second-order valence-electron chi connectivity index (χ2n) is 13.7. The van der Waals surface area contributed by atoms with Crippen molar-refractivity contribution in [2.75, 3.05) is 19.8 Å². The van der Waals surface area contributed by atoms with Crippen LogP contribution in [0.4, 0.5) is 0 Å². The number of ether oxygens (including phenoxy) is 2. The molecule has 0 amide bonds. The predicted molar refractivity (Wildman–Crippen MR) is 203 cm³/mol. The molecule has 9 heteroatoms. The third-order valence-electron chi connectivity index (χ3n) is 8.82. The fourth-order valence-corrected chi connectivity index (χ4v) is 6.56. The molecule has 0 rings (SSSR count). The Hall–Kier alpha value is -1.21. The van der Waals surface area contributed by atoms with Crippen molar-refractivity contribution in [3.8, 4) is 0 Å². The van der Waals surface area contributed by atoms with Crippen molar-refractivity contribution in [3.63, 3.8) is 0 Å². The average molecular weight is 717 g/mol. The highest BCUT2D eigenvalue weighted by Crippen LogP contribution is 2.43. The molecule has 2 atom stereocenters. The summed E-state index contributed by atoms with van der Waals surface area (Å²) in [6, 6.07) is 0. The second-order valence-corrected chi connectivity index (χ2v) is 15.1.